The molecule has 0 amide bonds. The molecule has 0 aliphatic carbocycles. The lowest BCUT2D eigenvalue weighted by atomic mass is 10.1. The van der Waals surface area contributed by atoms with Gasteiger partial charge in [-0.15, -0.1) is 0 Å². The summed E-state index contributed by atoms with van der Waals surface area (Å²) in [7, 11) is 0. The van der Waals surface area contributed by atoms with Gasteiger partial charge in [0.2, 0.25) is 0 Å². The average molecular weight is 216 g/mol. The number of benzene rings is 1. The molecule has 2 N–H and O–H groups in total. The van der Waals surface area contributed by atoms with Crippen molar-refractivity contribution in [2.45, 2.75) is 19.9 Å². The molecule has 4 heteroatoms. The Morgan fingerprint density at radius 3 is 2.62 bits per heavy atom. The van der Waals surface area contributed by atoms with Crippen LogP contribution in [0.5, 0.6) is 0 Å². The Kier molecular flexibility index (Phi) is 3.31. The zero-order valence-corrected chi connectivity index (χ0v) is 9.43. The predicted octanol–water partition coefficient (Wildman–Crippen LogP) is 1.47. The van der Waals surface area contributed by atoms with Crippen LogP contribution in [0.25, 0.3) is 11.4 Å². The maximum atomic E-state index is 5.46. The van der Waals surface area contributed by atoms with Crippen LogP contribution in [0, 0.1) is 0 Å². The Bertz CT molecular complexity index is 444. The van der Waals surface area contributed by atoms with Crippen molar-refractivity contribution in [3.05, 3.63) is 36.2 Å². The van der Waals surface area contributed by atoms with Crippen LogP contribution in [0.1, 0.15) is 12.5 Å². The van der Waals surface area contributed by atoms with Crippen molar-refractivity contribution in [1.82, 2.24) is 14.8 Å². The molecule has 1 aromatic carbocycles. The lowest BCUT2D eigenvalue weighted by Crippen LogP contribution is -2.10. The Balaban J connectivity index is 2.21. The fraction of sp³-hybridized carbons (Fsp3) is 0.333. The summed E-state index contributed by atoms with van der Waals surface area (Å²) in [5.41, 5.74) is 7.83. The van der Waals surface area contributed by atoms with E-state index in [-0.39, 0.29) is 0 Å². The second-order valence-corrected chi connectivity index (χ2v) is 3.67. The van der Waals surface area contributed by atoms with Gasteiger partial charge >= 0.3 is 0 Å². The van der Waals surface area contributed by atoms with Gasteiger partial charge < -0.3 is 5.73 Å². The van der Waals surface area contributed by atoms with Gasteiger partial charge in [-0.2, -0.15) is 5.10 Å². The van der Waals surface area contributed by atoms with Gasteiger partial charge in [0.05, 0.1) is 6.54 Å². The minimum Gasteiger partial charge on any atom is -0.329 e. The molecule has 0 bridgehead atoms. The van der Waals surface area contributed by atoms with Crippen molar-refractivity contribution < 1.29 is 0 Å². The zero-order valence-electron chi connectivity index (χ0n) is 9.43. The highest BCUT2D eigenvalue weighted by Crippen LogP contribution is 2.15. The quantitative estimate of drug-likeness (QED) is 0.842. The van der Waals surface area contributed by atoms with Gasteiger partial charge in [0.25, 0.3) is 0 Å². The summed E-state index contributed by atoms with van der Waals surface area (Å²) in [6.45, 7) is 3.43. The van der Waals surface area contributed by atoms with Crippen molar-refractivity contribution in [2.75, 3.05) is 6.54 Å². The number of hydrogen-bond donors (Lipinski definition) is 1. The number of nitrogens with two attached hydrogens (primary N) is 1. The van der Waals surface area contributed by atoms with E-state index in [9.17, 15) is 0 Å². The normalized spacial score (nSPS) is 10.6. The molecule has 1 heterocycles. The first-order valence-corrected chi connectivity index (χ1v) is 5.52. The molecule has 84 valence electrons. The molecule has 4 nitrogen and oxygen atoms in total. The maximum absolute atomic E-state index is 5.46. The predicted molar refractivity (Wildman–Crippen MR) is 63.9 cm³/mol. The molecule has 0 spiro atoms. The molecule has 0 radical (unpaired) electrons. The molecule has 0 aliphatic heterocycles. The van der Waals surface area contributed by atoms with E-state index in [1.54, 1.807) is 11.0 Å². The van der Waals surface area contributed by atoms with Crippen LogP contribution in [0.15, 0.2) is 30.6 Å². The summed E-state index contributed by atoms with van der Waals surface area (Å²) < 4.78 is 1.77. The highest BCUT2D eigenvalue weighted by atomic mass is 15.3. The van der Waals surface area contributed by atoms with Crippen LogP contribution in [-0.2, 0) is 13.0 Å². The van der Waals surface area contributed by atoms with Gasteiger partial charge in [-0.25, -0.2) is 4.98 Å². The molecule has 0 atom stereocenters. The van der Waals surface area contributed by atoms with E-state index in [2.05, 4.69) is 41.3 Å². The second kappa shape index (κ2) is 4.90. The molecule has 1 aromatic heterocycles. The van der Waals surface area contributed by atoms with E-state index in [0.717, 1.165) is 17.8 Å². The molecule has 0 saturated carbocycles. The third kappa shape index (κ3) is 2.28. The standard InChI is InChI=1S/C12H16N4/c1-2-10-3-5-11(6-4-10)12-14-9-16(15-12)8-7-13/h3-6,9H,2,7-8,13H2,1H3. The topological polar surface area (TPSA) is 56.7 Å². The summed E-state index contributed by atoms with van der Waals surface area (Å²) >= 11 is 0. The fourth-order valence-corrected chi connectivity index (χ4v) is 1.56. The number of rotatable bonds is 4. The van der Waals surface area contributed by atoms with Crippen molar-refractivity contribution in [3.63, 3.8) is 0 Å². The van der Waals surface area contributed by atoms with Crippen LogP contribution in [0.4, 0.5) is 0 Å². The molecule has 2 rings (SSSR count). The van der Waals surface area contributed by atoms with E-state index < -0.39 is 0 Å². The molecular formula is C12H16N4. The van der Waals surface area contributed by atoms with E-state index in [0.29, 0.717) is 13.1 Å². The van der Waals surface area contributed by atoms with Crippen molar-refractivity contribution in [2.24, 2.45) is 5.73 Å². The first-order chi connectivity index (χ1) is 7.83. The summed E-state index contributed by atoms with van der Waals surface area (Å²) in [5, 5.41) is 4.35. The van der Waals surface area contributed by atoms with Crippen molar-refractivity contribution in [1.29, 1.82) is 0 Å². The Morgan fingerprint density at radius 1 is 1.25 bits per heavy atom. The molecule has 0 unspecified atom stereocenters. The summed E-state index contributed by atoms with van der Waals surface area (Å²) in [5.74, 6) is 0.760. The summed E-state index contributed by atoms with van der Waals surface area (Å²) in [4.78, 5) is 4.26. The number of aromatic nitrogens is 3. The number of nitrogens with zero attached hydrogens (tertiary/aromatic N) is 3. The smallest absolute Gasteiger partial charge is 0.181 e. The lowest BCUT2D eigenvalue weighted by molar-refractivity contribution is 0.625. The Labute approximate surface area is 95.1 Å². The maximum Gasteiger partial charge on any atom is 0.181 e. The fourth-order valence-electron chi connectivity index (χ4n) is 1.56. The van der Waals surface area contributed by atoms with E-state index in [1.807, 2.05) is 0 Å². The Hall–Kier alpha value is -1.68. The lowest BCUT2D eigenvalue weighted by Gasteiger charge is -1.98. The van der Waals surface area contributed by atoms with Crippen LogP contribution < -0.4 is 5.73 Å². The molecule has 0 saturated heterocycles. The average Bonchev–Trinajstić information content (AvgIpc) is 2.78. The molecule has 0 aliphatic rings. The van der Waals surface area contributed by atoms with Crippen LogP contribution in [-0.4, -0.2) is 21.3 Å². The summed E-state index contributed by atoms with van der Waals surface area (Å²) in [6, 6.07) is 8.33. The van der Waals surface area contributed by atoms with Gasteiger partial charge in [0.15, 0.2) is 5.82 Å². The van der Waals surface area contributed by atoms with Crippen LogP contribution in [0.3, 0.4) is 0 Å². The third-order valence-electron chi connectivity index (χ3n) is 2.52. The van der Waals surface area contributed by atoms with E-state index >= 15 is 0 Å². The SMILES string of the molecule is CCc1ccc(-c2ncn(CCN)n2)cc1. The highest BCUT2D eigenvalue weighted by molar-refractivity contribution is 5.54. The number of hydrogen-bond acceptors (Lipinski definition) is 3. The van der Waals surface area contributed by atoms with Crippen molar-refractivity contribution in [3.8, 4) is 11.4 Å². The Morgan fingerprint density at radius 2 is 2.00 bits per heavy atom. The minimum absolute atomic E-state index is 0.581. The minimum atomic E-state index is 0.581. The van der Waals surface area contributed by atoms with Gasteiger partial charge in [0, 0.05) is 12.1 Å². The highest BCUT2D eigenvalue weighted by Gasteiger charge is 2.03. The largest absolute Gasteiger partial charge is 0.329 e. The van der Waals surface area contributed by atoms with Crippen LogP contribution in [0.2, 0.25) is 0 Å². The van der Waals surface area contributed by atoms with Gasteiger partial charge in [-0.1, -0.05) is 31.2 Å². The molecule has 2 aromatic rings. The molecular weight excluding hydrogens is 200 g/mol. The van der Waals surface area contributed by atoms with Crippen LogP contribution >= 0.6 is 0 Å². The molecule has 0 fully saturated rings. The zero-order chi connectivity index (χ0) is 11.4. The number of aryl methyl sites for hydroxylation is 1. The van der Waals surface area contributed by atoms with E-state index in [1.165, 1.54) is 5.56 Å². The molecule has 16 heavy (non-hydrogen) atoms. The van der Waals surface area contributed by atoms with E-state index in [4.69, 9.17) is 5.73 Å². The monoisotopic (exact) mass is 216 g/mol. The summed E-state index contributed by atoms with van der Waals surface area (Å²) in [6.07, 6.45) is 2.77. The first kappa shape index (κ1) is 10.8. The van der Waals surface area contributed by atoms with Crippen molar-refractivity contribution >= 4 is 0 Å². The third-order valence-corrected chi connectivity index (χ3v) is 2.52. The van der Waals surface area contributed by atoms with Gasteiger partial charge in [-0.05, 0) is 12.0 Å². The van der Waals surface area contributed by atoms with Gasteiger partial charge in [0.1, 0.15) is 6.33 Å². The van der Waals surface area contributed by atoms with Gasteiger partial charge in [-0.3, -0.25) is 4.68 Å². The first-order valence-electron chi connectivity index (χ1n) is 5.52. The second-order valence-electron chi connectivity index (χ2n) is 3.67.